The van der Waals surface area contributed by atoms with Crippen molar-refractivity contribution in [3.63, 3.8) is 0 Å². The van der Waals surface area contributed by atoms with E-state index in [4.69, 9.17) is 9.47 Å². The number of aryl methyl sites for hydroxylation is 1. The molecule has 0 saturated carbocycles. The van der Waals surface area contributed by atoms with E-state index in [-0.39, 0.29) is 11.8 Å². The van der Waals surface area contributed by atoms with E-state index in [0.29, 0.717) is 19.6 Å². The Hall–Kier alpha value is -1.08. The molecule has 1 aromatic rings. The first-order valence-corrected chi connectivity index (χ1v) is 9.55. The minimum atomic E-state index is -1.32. The normalized spacial score (nSPS) is 19.1. The second kappa shape index (κ2) is 8.85. The molecule has 1 aliphatic heterocycles. The van der Waals surface area contributed by atoms with Gasteiger partial charge < -0.3 is 9.47 Å². The number of carbonyl (C=O) groups is 1. The average molecular weight is 353 g/mol. The largest absolute Gasteiger partial charge is 0.348 e. The average Bonchev–Trinajstić information content (AvgIpc) is 2.94. The number of ether oxygens (including phenoxy) is 2. The lowest BCUT2D eigenvalue weighted by Gasteiger charge is -2.23. The topological polar surface area (TPSA) is 64.6 Å². The molecule has 1 N–H and O–H groups in total. The number of hydrogen-bond donors (Lipinski definition) is 1. The van der Waals surface area contributed by atoms with Crippen LogP contribution in [0.2, 0.25) is 0 Å². The van der Waals surface area contributed by atoms with E-state index in [1.165, 1.54) is 0 Å². The summed E-state index contributed by atoms with van der Waals surface area (Å²) in [5.41, 5.74) is 1.13. The van der Waals surface area contributed by atoms with Crippen LogP contribution in [0.1, 0.15) is 45.1 Å². The summed E-state index contributed by atoms with van der Waals surface area (Å²) in [5.74, 6) is -0.426. The first kappa shape index (κ1) is 19.2. The summed E-state index contributed by atoms with van der Waals surface area (Å²) in [4.78, 5) is 12.2. The smallest absolute Gasteiger partial charge is 0.165 e. The number of benzene rings is 1. The third kappa shape index (κ3) is 6.09. The SMILES string of the molecule is CC(=O)C[C@H](CCCC1(C)OCCO1)N[S@@](=O)c1ccc(C)cc1. The van der Waals surface area contributed by atoms with E-state index < -0.39 is 16.8 Å². The van der Waals surface area contributed by atoms with E-state index >= 15 is 0 Å². The minimum Gasteiger partial charge on any atom is -0.348 e. The molecule has 2 atom stereocenters. The van der Waals surface area contributed by atoms with Gasteiger partial charge in [0.25, 0.3) is 0 Å². The molecule has 0 amide bonds. The van der Waals surface area contributed by atoms with Crippen LogP contribution in [-0.2, 0) is 25.3 Å². The Labute approximate surface area is 146 Å². The molecule has 2 rings (SSSR count). The summed E-state index contributed by atoms with van der Waals surface area (Å²) < 4.78 is 26.8. The number of nitrogens with one attached hydrogen (secondary N) is 1. The number of rotatable bonds is 9. The molecule has 0 bridgehead atoms. The molecule has 0 unspecified atom stereocenters. The lowest BCUT2D eigenvalue weighted by molar-refractivity contribution is -0.147. The van der Waals surface area contributed by atoms with Gasteiger partial charge >= 0.3 is 0 Å². The maximum Gasteiger partial charge on any atom is 0.165 e. The van der Waals surface area contributed by atoms with Gasteiger partial charge in [-0.3, -0.25) is 4.79 Å². The summed E-state index contributed by atoms with van der Waals surface area (Å²) in [6.45, 7) is 6.75. The third-order valence-corrected chi connectivity index (χ3v) is 5.37. The highest BCUT2D eigenvalue weighted by Crippen LogP contribution is 2.25. The Morgan fingerprint density at radius 1 is 1.29 bits per heavy atom. The van der Waals surface area contributed by atoms with Crippen molar-refractivity contribution >= 4 is 16.8 Å². The van der Waals surface area contributed by atoms with Crippen LogP contribution in [0.4, 0.5) is 0 Å². The Balaban J connectivity index is 1.88. The Kier molecular flexibility index (Phi) is 7.10. The molecule has 0 spiro atoms. The summed E-state index contributed by atoms with van der Waals surface area (Å²) in [6, 6.07) is 7.46. The molecule has 24 heavy (non-hydrogen) atoms. The molecule has 1 heterocycles. The Morgan fingerprint density at radius 3 is 2.50 bits per heavy atom. The van der Waals surface area contributed by atoms with Crippen LogP contribution in [0.5, 0.6) is 0 Å². The molecule has 6 heteroatoms. The van der Waals surface area contributed by atoms with Crippen molar-refractivity contribution in [2.24, 2.45) is 0 Å². The van der Waals surface area contributed by atoms with E-state index in [9.17, 15) is 9.00 Å². The van der Waals surface area contributed by atoms with Crippen molar-refractivity contribution in [3.8, 4) is 0 Å². The first-order valence-electron chi connectivity index (χ1n) is 8.40. The highest BCUT2D eigenvalue weighted by atomic mass is 32.2. The van der Waals surface area contributed by atoms with Gasteiger partial charge in [0, 0.05) is 18.9 Å². The van der Waals surface area contributed by atoms with Crippen LogP contribution in [0.3, 0.4) is 0 Å². The van der Waals surface area contributed by atoms with Gasteiger partial charge in [0.2, 0.25) is 0 Å². The highest BCUT2D eigenvalue weighted by Gasteiger charge is 2.30. The molecule has 0 aliphatic carbocycles. The first-order chi connectivity index (χ1) is 11.4. The predicted molar refractivity (Wildman–Crippen MR) is 94.0 cm³/mol. The van der Waals surface area contributed by atoms with E-state index in [0.717, 1.165) is 29.7 Å². The third-order valence-electron chi connectivity index (χ3n) is 4.12. The number of Topliss-reactive ketones (excluding diaryl/α,β-unsaturated/α-hetero) is 1. The molecular formula is C18H27NO4S. The van der Waals surface area contributed by atoms with Gasteiger partial charge in [-0.05, 0) is 45.7 Å². The Bertz CT molecular complexity index is 567. The van der Waals surface area contributed by atoms with Gasteiger partial charge in [0.1, 0.15) is 16.8 Å². The molecular weight excluding hydrogens is 326 g/mol. The summed E-state index contributed by atoms with van der Waals surface area (Å²) in [5, 5.41) is 0. The molecule has 134 valence electrons. The van der Waals surface area contributed by atoms with E-state index in [2.05, 4.69) is 4.72 Å². The fraction of sp³-hybridized carbons (Fsp3) is 0.611. The van der Waals surface area contributed by atoms with Crippen LogP contribution < -0.4 is 4.72 Å². The maximum absolute atomic E-state index is 12.5. The van der Waals surface area contributed by atoms with Gasteiger partial charge in [-0.2, -0.15) is 0 Å². The van der Waals surface area contributed by atoms with Crippen LogP contribution in [0, 0.1) is 6.92 Å². The zero-order chi connectivity index (χ0) is 17.6. The number of ketones is 1. The quantitative estimate of drug-likeness (QED) is 0.741. The van der Waals surface area contributed by atoms with Crippen molar-refractivity contribution in [2.75, 3.05) is 13.2 Å². The highest BCUT2D eigenvalue weighted by molar-refractivity contribution is 7.83. The van der Waals surface area contributed by atoms with Crippen LogP contribution in [0.25, 0.3) is 0 Å². The monoisotopic (exact) mass is 353 g/mol. The zero-order valence-corrected chi connectivity index (χ0v) is 15.5. The molecule has 1 aliphatic rings. The molecule has 5 nitrogen and oxygen atoms in total. The molecule has 0 aromatic heterocycles. The van der Waals surface area contributed by atoms with Crippen molar-refractivity contribution in [1.82, 2.24) is 4.72 Å². The van der Waals surface area contributed by atoms with Crippen molar-refractivity contribution in [2.45, 2.75) is 63.2 Å². The lowest BCUT2D eigenvalue weighted by atomic mass is 10.0. The van der Waals surface area contributed by atoms with Crippen LogP contribution >= 0.6 is 0 Å². The van der Waals surface area contributed by atoms with Gasteiger partial charge in [-0.15, -0.1) is 0 Å². The zero-order valence-electron chi connectivity index (χ0n) is 14.7. The van der Waals surface area contributed by atoms with E-state index in [1.807, 2.05) is 38.1 Å². The second-order valence-corrected chi connectivity index (χ2v) is 7.77. The summed E-state index contributed by atoms with van der Waals surface area (Å²) in [7, 11) is -1.32. The molecule has 1 fully saturated rings. The summed E-state index contributed by atoms with van der Waals surface area (Å²) in [6.07, 6.45) is 2.72. The molecule has 1 aromatic carbocycles. The number of hydrogen-bond acceptors (Lipinski definition) is 4. The van der Waals surface area contributed by atoms with Crippen molar-refractivity contribution in [1.29, 1.82) is 0 Å². The molecule has 0 radical (unpaired) electrons. The lowest BCUT2D eigenvalue weighted by Crippen LogP contribution is -2.33. The van der Waals surface area contributed by atoms with Crippen molar-refractivity contribution < 1.29 is 18.5 Å². The van der Waals surface area contributed by atoms with Gasteiger partial charge in [-0.1, -0.05) is 17.7 Å². The fourth-order valence-electron chi connectivity index (χ4n) is 2.80. The molecule has 1 saturated heterocycles. The predicted octanol–water partition coefficient (Wildman–Crippen LogP) is 2.89. The van der Waals surface area contributed by atoms with Gasteiger partial charge in [0.05, 0.1) is 18.1 Å². The van der Waals surface area contributed by atoms with Crippen LogP contribution in [0.15, 0.2) is 29.2 Å². The van der Waals surface area contributed by atoms with Crippen molar-refractivity contribution in [3.05, 3.63) is 29.8 Å². The minimum absolute atomic E-state index is 0.0907. The van der Waals surface area contributed by atoms with Gasteiger partial charge in [-0.25, -0.2) is 8.93 Å². The standard InChI is InChI=1S/C18H27NO4S/c1-14-6-8-17(9-7-14)24(21)19-16(13-15(2)20)5-4-10-18(3)22-11-12-23-18/h6-9,16,19H,4-5,10-13H2,1-3H3/t16-,24-/m0/s1. The van der Waals surface area contributed by atoms with E-state index in [1.54, 1.807) is 6.92 Å². The Morgan fingerprint density at radius 2 is 1.92 bits per heavy atom. The maximum atomic E-state index is 12.5. The summed E-state index contributed by atoms with van der Waals surface area (Å²) >= 11 is 0. The fourth-order valence-corrected chi connectivity index (χ4v) is 3.82. The number of carbonyl (C=O) groups excluding carboxylic acids is 1. The second-order valence-electron chi connectivity index (χ2n) is 6.53. The van der Waals surface area contributed by atoms with Gasteiger partial charge in [0.15, 0.2) is 5.79 Å². The van der Waals surface area contributed by atoms with Crippen LogP contribution in [-0.4, -0.2) is 35.0 Å².